The van der Waals surface area contributed by atoms with Gasteiger partial charge in [0.1, 0.15) is 6.04 Å². The standard InChI is InChI=1S/C14H14N2O3/c1-9(14(18)19)16(2)13(17)11-5-6-12-10(8-11)4-3-7-15-12/h3-9H,1-2H3,(H,18,19). The van der Waals surface area contributed by atoms with Crippen molar-refractivity contribution in [3.8, 4) is 0 Å². The van der Waals surface area contributed by atoms with Crippen LogP contribution in [-0.4, -0.2) is 40.0 Å². The highest BCUT2D eigenvalue weighted by atomic mass is 16.4. The highest BCUT2D eigenvalue weighted by Gasteiger charge is 2.22. The molecule has 19 heavy (non-hydrogen) atoms. The van der Waals surface area contributed by atoms with Crippen LogP contribution in [0.5, 0.6) is 0 Å². The molecule has 0 aliphatic heterocycles. The normalized spacial score (nSPS) is 12.1. The van der Waals surface area contributed by atoms with E-state index in [4.69, 9.17) is 5.11 Å². The van der Waals surface area contributed by atoms with E-state index in [1.54, 1.807) is 30.5 Å². The largest absolute Gasteiger partial charge is 0.480 e. The lowest BCUT2D eigenvalue weighted by molar-refractivity contribution is -0.141. The van der Waals surface area contributed by atoms with Crippen molar-refractivity contribution in [2.45, 2.75) is 13.0 Å². The monoisotopic (exact) mass is 258 g/mol. The Balaban J connectivity index is 2.33. The Morgan fingerprint density at radius 1 is 1.32 bits per heavy atom. The smallest absolute Gasteiger partial charge is 0.326 e. The zero-order valence-corrected chi connectivity index (χ0v) is 10.7. The van der Waals surface area contributed by atoms with Gasteiger partial charge in [-0.05, 0) is 31.2 Å². The van der Waals surface area contributed by atoms with Gasteiger partial charge in [0.2, 0.25) is 0 Å². The number of carbonyl (C=O) groups is 2. The molecule has 1 atom stereocenters. The van der Waals surface area contributed by atoms with Crippen LogP contribution in [0.15, 0.2) is 36.5 Å². The molecular weight excluding hydrogens is 244 g/mol. The number of carboxylic acid groups (broad SMARTS) is 1. The number of rotatable bonds is 3. The molecule has 0 fully saturated rings. The van der Waals surface area contributed by atoms with Crippen LogP contribution in [-0.2, 0) is 4.79 Å². The van der Waals surface area contributed by atoms with Gasteiger partial charge < -0.3 is 10.0 Å². The average molecular weight is 258 g/mol. The molecule has 0 spiro atoms. The van der Waals surface area contributed by atoms with Crippen molar-refractivity contribution < 1.29 is 14.7 Å². The van der Waals surface area contributed by atoms with E-state index in [0.717, 1.165) is 10.9 Å². The van der Waals surface area contributed by atoms with E-state index in [1.165, 1.54) is 18.9 Å². The van der Waals surface area contributed by atoms with Gasteiger partial charge in [-0.2, -0.15) is 0 Å². The third-order valence-corrected chi connectivity index (χ3v) is 3.11. The molecule has 5 nitrogen and oxygen atoms in total. The molecule has 0 bridgehead atoms. The zero-order chi connectivity index (χ0) is 14.0. The molecule has 1 N–H and O–H groups in total. The van der Waals surface area contributed by atoms with Crippen LogP contribution in [0.1, 0.15) is 17.3 Å². The number of aliphatic carboxylic acids is 1. The average Bonchev–Trinajstić information content (AvgIpc) is 2.44. The fourth-order valence-corrected chi connectivity index (χ4v) is 1.75. The fourth-order valence-electron chi connectivity index (χ4n) is 1.75. The summed E-state index contributed by atoms with van der Waals surface area (Å²) in [5.41, 5.74) is 1.25. The second-order valence-electron chi connectivity index (χ2n) is 4.34. The van der Waals surface area contributed by atoms with E-state index in [9.17, 15) is 9.59 Å². The fraction of sp³-hybridized carbons (Fsp3) is 0.214. The summed E-state index contributed by atoms with van der Waals surface area (Å²) in [6.07, 6.45) is 1.68. The van der Waals surface area contributed by atoms with Gasteiger partial charge in [-0.15, -0.1) is 0 Å². The number of aromatic nitrogens is 1. The number of likely N-dealkylation sites (N-methyl/N-ethyl adjacent to an activating group) is 1. The first-order valence-electron chi connectivity index (χ1n) is 5.85. The minimum Gasteiger partial charge on any atom is -0.480 e. The van der Waals surface area contributed by atoms with Gasteiger partial charge in [0.25, 0.3) is 5.91 Å². The summed E-state index contributed by atoms with van der Waals surface area (Å²) in [6.45, 7) is 1.48. The first kappa shape index (κ1) is 13.0. The number of pyridine rings is 1. The number of carboxylic acids is 1. The number of nitrogens with zero attached hydrogens (tertiary/aromatic N) is 2. The first-order chi connectivity index (χ1) is 9.00. The highest BCUT2D eigenvalue weighted by Crippen LogP contribution is 2.15. The Morgan fingerprint density at radius 3 is 2.74 bits per heavy atom. The van der Waals surface area contributed by atoms with Crippen molar-refractivity contribution in [3.63, 3.8) is 0 Å². The predicted octanol–water partition coefficient (Wildman–Crippen LogP) is 1.78. The van der Waals surface area contributed by atoms with Crippen molar-refractivity contribution in [1.82, 2.24) is 9.88 Å². The first-order valence-corrected chi connectivity index (χ1v) is 5.85. The lowest BCUT2D eigenvalue weighted by atomic mass is 10.1. The van der Waals surface area contributed by atoms with Crippen molar-refractivity contribution in [3.05, 3.63) is 42.1 Å². The van der Waals surface area contributed by atoms with Gasteiger partial charge in [-0.1, -0.05) is 6.07 Å². The molecule has 2 rings (SSSR count). The lowest BCUT2D eigenvalue weighted by Crippen LogP contribution is -2.40. The summed E-state index contributed by atoms with van der Waals surface area (Å²) in [5, 5.41) is 9.77. The topological polar surface area (TPSA) is 70.5 Å². The summed E-state index contributed by atoms with van der Waals surface area (Å²) < 4.78 is 0. The van der Waals surface area contributed by atoms with Crippen LogP contribution in [0.3, 0.4) is 0 Å². The second kappa shape index (κ2) is 5.06. The molecular formula is C14H14N2O3. The molecule has 0 aliphatic carbocycles. The maximum atomic E-state index is 12.2. The van der Waals surface area contributed by atoms with E-state index in [1.807, 2.05) is 6.07 Å². The van der Waals surface area contributed by atoms with Crippen LogP contribution >= 0.6 is 0 Å². The van der Waals surface area contributed by atoms with Gasteiger partial charge in [-0.25, -0.2) is 4.79 Å². The van der Waals surface area contributed by atoms with E-state index in [-0.39, 0.29) is 5.91 Å². The molecule has 5 heteroatoms. The maximum Gasteiger partial charge on any atom is 0.326 e. The summed E-state index contributed by atoms with van der Waals surface area (Å²) in [5.74, 6) is -1.35. The Bertz CT molecular complexity index is 639. The summed E-state index contributed by atoms with van der Waals surface area (Å²) >= 11 is 0. The Morgan fingerprint density at radius 2 is 2.05 bits per heavy atom. The molecule has 0 radical (unpaired) electrons. The van der Waals surface area contributed by atoms with Crippen molar-refractivity contribution in [1.29, 1.82) is 0 Å². The predicted molar refractivity (Wildman–Crippen MR) is 70.9 cm³/mol. The van der Waals surface area contributed by atoms with Crippen molar-refractivity contribution >= 4 is 22.8 Å². The van der Waals surface area contributed by atoms with E-state index >= 15 is 0 Å². The molecule has 1 unspecified atom stereocenters. The number of benzene rings is 1. The van der Waals surface area contributed by atoms with Gasteiger partial charge in [0, 0.05) is 24.2 Å². The number of fused-ring (bicyclic) bond motifs is 1. The second-order valence-corrected chi connectivity index (χ2v) is 4.34. The van der Waals surface area contributed by atoms with Gasteiger partial charge in [0.05, 0.1) is 5.52 Å². The summed E-state index contributed by atoms with van der Waals surface area (Å²) in [6, 6.07) is 7.91. The molecule has 1 heterocycles. The zero-order valence-electron chi connectivity index (χ0n) is 10.7. The lowest BCUT2D eigenvalue weighted by Gasteiger charge is -2.21. The number of amides is 1. The van der Waals surface area contributed by atoms with Crippen LogP contribution in [0.2, 0.25) is 0 Å². The van der Waals surface area contributed by atoms with Gasteiger partial charge >= 0.3 is 5.97 Å². The molecule has 0 saturated heterocycles. The SMILES string of the molecule is CC(C(=O)O)N(C)C(=O)c1ccc2ncccc2c1. The molecule has 2 aromatic rings. The Labute approximate surface area is 110 Å². The van der Waals surface area contributed by atoms with Crippen LogP contribution in [0.25, 0.3) is 10.9 Å². The quantitative estimate of drug-likeness (QED) is 0.911. The highest BCUT2D eigenvalue weighted by molar-refractivity contribution is 5.99. The minimum atomic E-state index is -1.03. The third-order valence-electron chi connectivity index (χ3n) is 3.11. The van der Waals surface area contributed by atoms with E-state index in [0.29, 0.717) is 5.56 Å². The third kappa shape index (κ3) is 2.54. The Kier molecular flexibility index (Phi) is 3.46. The van der Waals surface area contributed by atoms with Crippen LogP contribution < -0.4 is 0 Å². The molecule has 98 valence electrons. The number of carbonyl (C=O) groups excluding carboxylic acids is 1. The molecule has 1 amide bonds. The minimum absolute atomic E-state index is 0.319. The van der Waals surface area contributed by atoms with Crippen LogP contribution in [0, 0.1) is 0 Å². The van der Waals surface area contributed by atoms with Crippen molar-refractivity contribution in [2.75, 3.05) is 7.05 Å². The summed E-state index contributed by atoms with van der Waals surface area (Å²) in [7, 11) is 1.48. The molecule has 1 aromatic carbocycles. The van der Waals surface area contributed by atoms with Crippen LogP contribution in [0.4, 0.5) is 0 Å². The van der Waals surface area contributed by atoms with Crippen molar-refractivity contribution in [2.24, 2.45) is 0 Å². The molecule has 1 aromatic heterocycles. The number of hydrogen-bond donors (Lipinski definition) is 1. The number of hydrogen-bond acceptors (Lipinski definition) is 3. The maximum absolute atomic E-state index is 12.2. The molecule has 0 aliphatic rings. The summed E-state index contributed by atoms with van der Waals surface area (Å²) in [4.78, 5) is 28.4. The Hall–Kier alpha value is -2.43. The molecule has 0 saturated carbocycles. The van der Waals surface area contributed by atoms with Gasteiger partial charge in [0.15, 0.2) is 0 Å². The van der Waals surface area contributed by atoms with E-state index in [2.05, 4.69) is 4.98 Å². The van der Waals surface area contributed by atoms with E-state index < -0.39 is 12.0 Å². The van der Waals surface area contributed by atoms with Gasteiger partial charge in [-0.3, -0.25) is 9.78 Å².